The fourth-order valence-corrected chi connectivity index (χ4v) is 9.21. The molecule has 20 heteroatoms. The Hall–Kier alpha value is -6.35. The van der Waals surface area contributed by atoms with E-state index in [-0.39, 0.29) is 69.5 Å². The maximum atomic E-state index is 14.2. The summed E-state index contributed by atoms with van der Waals surface area (Å²) in [6.07, 6.45) is 4.36. The number of hydrogen-bond acceptors (Lipinski definition) is 13. The maximum Gasteiger partial charge on any atom is 0.251 e. The molecule has 0 spiro atoms. The number of nitrogens with two attached hydrogens (primary N) is 2. The van der Waals surface area contributed by atoms with Gasteiger partial charge in [0.05, 0.1) is 19.3 Å². The van der Waals surface area contributed by atoms with E-state index in [1.54, 1.807) is 30.3 Å². The highest BCUT2D eigenvalue weighted by Crippen LogP contribution is 2.25. The van der Waals surface area contributed by atoms with Crippen LogP contribution in [0.1, 0.15) is 94.0 Å². The van der Waals surface area contributed by atoms with Gasteiger partial charge in [-0.15, -0.1) is 0 Å². The summed E-state index contributed by atoms with van der Waals surface area (Å²) in [7, 11) is 0. The molecule has 3 aliphatic heterocycles. The van der Waals surface area contributed by atoms with Gasteiger partial charge in [0.1, 0.15) is 47.8 Å². The van der Waals surface area contributed by atoms with Gasteiger partial charge in [-0.1, -0.05) is 56.9 Å². The van der Waals surface area contributed by atoms with Gasteiger partial charge in [0.25, 0.3) is 5.91 Å². The monoisotopic (exact) mass is 972 g/mol. The predicted octanol–water partition coefficient (Wildman–Crippen LogP) is 0.220. The topological polar surface area (TPSA) is 308 Å². The van der Waals surface area contributed by atoms with E-state index in [0.29, 0.717) is 17.9 Å². The molecule has 3 heterocycles. The van der Waals surface area contributed by atoms with E-state index >= 15 is 0 Å². The summed E-state index contributed by atoms with van der Waals surface area (Å²) in [6, 6.07) is 7.36. The van der Waals surface area contributed by atoms with Gasteiger partial charge in [-0.05, 0) is 105 Å². The second-order valence-electron chi connectivity index (χ2n) is 18.7. The van der Waals surface area contributed by atoms with Crippen molar-refractivity contribution in [3.63, 3.8) is 0 Å². The molecule has 3 aromatic carbocycles. The SMILES string of the molecule is CCCCCCCOc1ccc2cc(C(=O)N[C@H]3CCCNC(=O)[C@@H]4C[C@H](N)CN4C(=O)[C@H]([C@H](C)O)NC(=O)[C@H](CCc4ccc(O)cc4)NC(=O)[C@@H]4C[C@H](N)CN4C(=O)[C@H](CO)NC3=O)ccc2c1. The van der Waals surface area contributed by atoms with Crippen LogP contribution in [-0.2, 0) is 35.2 Å². The summed E-state index contributed by atoms with van der Waals surface area (Å²) in [6.45, 7) is 2.95. The van der Waals surface area contributed by atoms with E-state index < -0.39 is 102 Å². The number of amides is 7. The van der Waals surface area contributed by atoms with Gasteiger partial charge in [0, 0.05) is 37.3 Å². The van der Waals surface area contributed by atoms with E-state index in [2.05, 4.69) is 33.5 Å². The number of carbonyl (C=O) groups is 7. The average molecular weight is 972 g/mol. The number of aliphatic hydroxyl groups is 2. The molecule has 7 amide bonds. The highest BCUT2D eigenvalue weighted by atomic mass is 16.5. The molecule has 0 saturated carbocycles. The first-order chi connectivity index (χ1) is 33.6. The van der Waals surface area contributed by atoms with Crippen molar-refractivity contribution in [3.05, 3.63) is 71.8 Å². The number of carbonyl (C=O) groups excluding carboxylic acids is 7. The van der Waals surface area contributed by atoms with Crippen LogP contribution in [0.25, 0.3) is 10.8 Å². The fourth-order valence-electron chi connectivity index (χ4n) is 9.21. The van der Waals surface area contributed by atoms with Crippen molar-refractivity contribution in [1.82, 2.24) is 36.4 Å². The standard InChI is InChI=1S/C50H69N9O11/c1-3-4-5-6-7-21-70-37-18-15-31-22-33(14-13-32(31)23-37)44(63)54-38-9-8-20-53-47(66)41-24-34(51)27-59(41)50(69)43(29(2)61)57-46(65)39(19-12-30-10-16-36(62)17-11-30)55-48(67)42-25-35(52)26-58(42)49(68)40(28-60)56-45(38)64/h10-11,13-18,22-23,29,34-35,38-43,60-62H,3-9,12,19-21,24-28,51-52H2,1-2H3,(H,53,66)(H,54,63)(H,55,67)(H,56,64)(H,57,65)/t29-,34-,35-,38-,39-,40-,41-,42-,43-/m0/s1. The van der Waals surface area contributed by atoms with Gasteiger partial charge in [0.15, 0.2) is 0 Å². The molecule has 9 atom stereocenters. The smallest absolute Gasteiger partial charge is 0.251 e. The minimum absolute atomic E-state index is 0.0179. The van der Waals surface area contributed by atoms with Crippen LogP contribution in [0.2, 0.25) is 0 Å². The molecule has 3 saturated heterocycles. The lowest BCUT2D eigenvalue weighted by molar-refractivity contribution is -0.145. The second kappa shape index (κ2) is 25.0. The minimum Gasteiger partial charge on any atom is -0.508 e. The molecule has 0 radical (unpaired) electrons. The number of rotatable bonds is 14. The van der Waals surface area contributed by atoms with Crippen molar-refractivity contribution < 1.29 is 53.6 Å². The molecule has 0 aromatic heterocycles. The lowest BCUT2D eigenvalue weighted by atomic mass is 10.0. The number of hydrogen-bond donors (Lipinski definition) is 10. The van der Waals surface area contributed by atoms with Gasteiger partial charge < -0.3 is 67.9 Å². The van der Waals surface area contributed by atoms with Crippen LogP contribution in [-0.4, -0.2) is 154 Å². The fraction of sp³-hybridized carbons (Fsp3) is 0.540. The molecule has 3 aliphatic rings. The van der Waals surface area contributed by atoms with Crippen LogP contribution in [0, 0.1) is 0 Å². The summed E-state index contributed by atoms with van der Waals surface area (Å²) in [4.78, 5) is 101. The molecule has 12 N–H and O–H groups in total. The van der Waals surface area contributed by atoms with Crippen LogP contribution in [0.5, 0.6) is 11.5 Å². The number of aliphatic hydroxyl groups excluding tert-OH is 2. The number of phenols is 1. The van der Waals surface area contributed by atoms with Gasteiger partial charge in [0.2, 0.25) is 35.4 Å². The number of unbranched alkanes of at least 4 members (excludes halogenated alkanes) is 4. The first kappa shape index (κ1) is 53.0. The first-order valence-electron chi connectivity index (χ1n) is 24.4. The Bertz CT molecular complexity index is 2330. The van der Waals surface area contributed by atoms with E-state index in [0.717, 1.165) is 41.4 Å². The number of benzene rings is 3. The normalized spacial score (nSPS) is 25.7. The first-order valence-corrected chi connectivity index (χ1v) is 24.4. The minimum atomic E-state index is -1.58. The highest BCUT2D eigenvalue weighted by molar-refractivity contribution is 6.02. The highest BCUT2D eigenvalue weighted by Gasteiger charge is 2.45. The number of phenolic OH excluding ortho intramolecular Hbond substituents is 1. The van der Waals surface area contributed by atoms with E-state index in [1.165, 1.54) is 30.4 Å². The Morgan fingerprint density at radius 1 is 0.786 bits per heavy atom. The molecular weight excluding hydrogens is 903 g/mol. The predicted molar refractivity (Wildman–Crippen MR) is 259 cm³/mol. The molecule has 0 aliphatic carbocycles. The molecule has 6 rings (SSSR count). The van der Waals surface area contributed by atoms with Crippen molar-refractivity contribution in [3.8, 4) is 11.5 Å². The van der Waals surface area contributed by atoms with Gasteiger partial charge in [-0.3, -0.25) is 33.6 Å². The molecule has 20 nitrogen and oxygen atoms in total. The van der Waals surface area contributed by atoms with Crippen molar-refractivity contribution in [2.24, 2.45) is 11.5 Å². The number of nitrogens with one attached hydrogen (secondary N) is 5. The quantitative estimate of drug-likeness (QED) is 0.0969. The third-order valence-corrected chi connectivity index (χ3v) is 13.2. The number of ether oxygens (including phenoxy) is 1. The molecule has 70 heavy (non-hydrogen) atoms. The van der Waals surface area contributed by atoms with Crippen molar-refractivity contribution >= 4 is 52.1 Å². The number of fused-ring (bicyclic) bond motifs is 3. The Labute approximate surface area is 407 Å². The van der Waals surface area contributed by atoms with Crippen LogP contribution in [0.4, 0.5) is 0 Å². The molecule has 3 fully saturated rings. The van der Waals surface area contributed by atoms with Crippen LogP contribution >= 0.6 is 0 Å². The van der Waals surface area contributed by atoms with Crippen LogP contribution in [0.3, 0.4) is 0 Å². The van der Waals surface area contributed by atoms with Crippen LogP contribution in [0.15, 0.2) is 60.7 Å². The van der Waals surface area contributed by atoms with Gasteiger partial charge in [-0.25, -0.2) is 0 Å². The second-order valence-corrected chi connectivity index (χ2v) is 18.7. The molecular formula is C50H69N9O11. The summed E-state index contributed by atoms with van der Waals surface area (Å²) in [5, 5.41) is 46.2. The lowest BCUT2D eigenvalue weighted by Gasteiger charge is -2.32. The Balaban J connectivity index is 1.25. The summed E-state index contributed by atoms with van der Waals surface area (Å²) in [5.74, 6) is -4.54. The molecule has 0 unspecified atom stereocenters. The molecule has 3 aromatic rings. The zero-order valence-electron chi connectivity index (χ0n) is 39.9. The van der Waals surface area contributed by atoms with Crippen molar-refractivity contribution in [2.45, 2.75) is 139 Å². The average Bonchev–Trinajstić information content (AvgIpc) is 3.94. The van der Waals surface area contributed by atoms with E-state index in [1.807, 2.05) is 18.2 Å². The Morgan fingerprint density at radius 2 is 1.43 bits per heavy atom. The Kier molecular flexibility index (Phi) is 18.9. The van der Waals surface area contributed by atoms with E-state index in [9.17, 15) is 48.9 Å². The van der Waals surface area contributed by atoms with Crippen molar-refractivity contribution in [1.29, 1.82) is 0 Å². The zero-order valence-corrected chi connectivity index (χ0v) is 39.9. The third kappa shape index (κ3) is 13.9. The van der Waals surface area contributed by atoms with Gasteiger partial charge in [-0.2, -0.15) is 0 Å². The van der Waals surface area contributed by atoms with Crippen LogP contribution < -0.4 is 42.8 Å². The van der Waals surface area contributed by atoms with Crippen molar-refractivity contribution in [2.75, 3.05) is 32.8 Å². The number of aromatic hydroxyl groups is 1. The molecule has 380 valence electrons. The summed E-state index contributed by atoms with van der Waals surface area (Å²) < 4.78 is 5.97. The number of aryl methyl sites for hydroxylation is 1. The molecule has 0 bridgehead atoms. The maximum absolute atomic E-state index is 14.2. The third-order valence-electron chi connectivity index (χ3n) is 13.2. The Morgan fingerprint density at radius 3 is 2.11 bits per heavy atom. The summed E-state index contributed by atoms with van der Waals surface area (Å²) in [5.41, 5.74) is 13.5. The van der Waals surface area contributed by atoms with E-state index in [4.69, 9.17) is 16.2 Å². The summed E-state index contributed by atoms with van der Waals surface area (Å²) >= 11 is 0. The van der Waals surface area contributed by atoms with Gasteiger partial charge >= 0.3 is 0 Å². The lowest BCUT2D eigenvalue weighted by Crippen LogP contribution is -2.61. The zero-order chi connectivity index (χ0) is 50.5. The number of nitrogens with zero attached hydrogens (tertiary/aromatic N) is 2. The largest absolute Gasteiger partial charge is 0.508 e.